The molecule has 0 amide bonds. The van der Waals surface area contributed by atoms with E-state index in [1.807, 2.05) is 6.92 Å². The Kier molecular flexibility index (Phi) is 3.29. The van der Waals surface area contributed by atoms with Crippen LogP contribution in [0.3, 0.4) is 0 Å². The van der Waals surface area contributed by atoms with Crippen molar-refractivity contribution in [3.8, 4) is 0 Å². The normalized spacial score (nSPS) is 14.5. The Morgan fingerprint density at radius 2 is 2.27 bits per heavy atom. The van der Waals surface area contributed by atoms with Crippen molar-refractivity contribution in [2.45, 2.75) is 32.1 Å². The largest absolute Gasteiger partial charge is 0.480 e. The Balaban J connectivity index is 3.08. The van der Waals surface area contributed by atoms with Crippen LogP contribution in [0.25, 0.3) is 0 Å². The van der Waals surface area contributed by atoms with Gasteiger partial charge in [0.05, 0.1) is 0 Å². The Morgan fingerprint density at radius 3 is 2.67 bits per heavy atom. The van der Waals surface area contributed by atoms with Crippen LogP contribution in [0.15, 0.2) is 16.5 Å². The summed E-state index contributed by atoms with van der Waals surface area (Å²) in [7, 11) is 0. The summed E-state index contributed by atoms with van der Waals surface area (Å²) in [5, 5.41) is 9.15. The predicted molar refractivity (Wildman–Crippen MR) is 54.0 cm³/mol. The minimum atomic E-state index is -1.05. The molecule has 1 rings (SSSR count). The van der Waals surface area contributed by atoms with Gasteiger partial charge >= 0.3 is 5.97 Å². The van der Waals surface area contributed by atoms with E-state index >= 15 is 0 Å². The lowest BCUT2D eigenvalue weighted by molar-refractivity contribution is -0.144. The highest BCUT2D eigenvalue weighted by Crippen LogP contribution is 2.30. The summed E-state index contributed by atoms with van der Waals surface area (Å²) >= 11 is 0. The van der Waals surface area contributed by atoms with Crippen LogP contribution in [0.1, 0.15) is 43.0 Å². The van der Waals surface area contributed by atoms with Crippen molar-refractivity contribution >= 4 is 12.3 Å². The first-order valence-corrected chi connectivity index (χ1v) is 4.83. The summed E-state index contributed by atoms with van der Waals surface area (Å²) in [6.07, 6.45) is 1.78. The molecule has 15 heavy (non-hydrogen) atoms. The molecule has 82 valence electrons. The summed E-state index contributed by atoms with van der Waals surface area (Å²) in [5.41, 5.74) is -1.05. The number of carboxylic acids is 1. The van der Waals surface area contributed by atoms with E-state index < -0.39 is 11.4 Å². The summed E-state index contributed by atoms with van der Waals surface area (Å²) < 4.78 is 5.16. The van der Waals surface area contributed by atoms with Crippen LogP contribution < -0.4 is 0 Å². The SMILES string of the molecule is CCCC(C)(C(=O)O)c1ccc(C=O)o1. The highest BCUT2D eigenvalue weighted by Gasteiger charge is 2.37. The first kappa shape index (κ1) is 11.5. The van der Waals surface area contributed by atoms with Gasteiger partial charge in [0.2, 0.25) is 0 Å². The number of aldehydes is 1. The molecule has 4 heteroatoms. The van der Waals surface area contributed by atoms with E-state index in [9.17, 15) is 9.59 Å². The molecule has 0 saturated carbocycles. The average Bonchev–Trinajstić information content (AvgIpc) is 2.66. The average molecular weight is 210 g/mol. The molecular weight excluding hydrogens is 196 g/mol. The molecule has 1 aromatic rings. The van der Waals surface area contributed by atoms with Crippen LogP contribution in [-0.2, 0) is 10.2 Å². The third-order valence-corrected chi connectivity index (χ3v) is 2.51. The van der Waals surface area contributed by atoms with Gasteiger partial charge in [0.15, 0.2) is 12.0 Å². The predicted octanol–water partition coefficient (Wildman–Crippen LogP) is 2.23. The lowest BCUT2D eigenvalue weighted by atomic mass is 9.83. The lowest BCUT2D eigenvalue weighted by Crippen LogP contribution is -2.31. The van der Waals surface area contributed by atoms with E-state index in [4.69, 9.17) is 9.52 Å². The molecule has 4 nitrogen and oxygen atoms in total. The molecule has 1 heterocycles. The quantitative estimate of drug-likeness (QED) is 0.757. The van der Waals surface area contributed by atoms with Crippen molar-refractivity contribution in [3.63, 3.8) is 0 Å². The van der Waals surface area contributed by atoms with Crippen LogP contribution >= 0.6 is 0 Å². The standard InChI is InChI=1S/C11H14O4/c1-3-6-11(2,10(13)14)9-5-4-8(7-12)15-9/h4-5,7H,3,6H2,1-2H3,(H,13,14). The van der Waals surface area contributed by atoms with Gasteiger partial charge in [-0.1, -0.05) is 13.3 Å². The van der Waals surface area contributed by atoms with Gasteiger partial charge in [-0.25, -0.2) is 0 Å². The summed E-state index contributed by atoms with van der Waals surface area (Å²) in [6.45, 7) is 3.51. The fourth-order valence-electron chi connectivity index (χ4n) is 1.55. The molecule has 0 saturated heterocycles. The van der Waals surface area contributed by atoms with Crippen LogP contribution in [0, 0.1) is 0 Å². The van der Waals surface area contributed by atoms with E-state index in [1.54, 1.807) is 13.0 Å². The van der Waals surface area contributed by atoms with Crippen LogP contribution in [0.5, 0.6) is 0 Å². The van der Waals surface area contributed by atoms with Gasteiger partial charge in [0.25, 0.3) is 0 Å². The molecule has 0 aliphatic heterocycles. The summed E-state index contributed by atoms with van der Waals surface area (Å²) in [6, 6.07) is 3.03. The van der Waals surface area contributed by atoms with E-state index in [0.717, 1.165) is 6.42 Å². The van der Waals surface area contributed by atoms with E-state index in [0.29, 0.717) is 18.5 Å². The number of furan rings is 1. The first-order chi connectivity index (χ1) is 7.04. The van der Waals surface area contributed by atoms with E-state index in [-0.39, 0.29) is 5.76 Å². The minimum Gasteiger partial charge on any atom is -0.480 e. The van der Waals surface area contributed by atoms with Gasteiger partial charge < -0.3 is 9.52 Å². The van der Waals surface area contributed by atoms with Gasteiger partial charge in [0, 0.05) is 0 Å². The molecule has 1 atom stereocenters. The molecule has 0 spiro atoms. The smallest absolute Gasteiger partial charge is 0.317 e. The van der Waals surface area contributed by atoms with Crippen molar-refractivity contribution in [2.75, 3.05) is 0 Å². The molecule has 1 unspecified atom stereocenters. The van der Waals surface area contributed by atoms with Gasteiger partial charge in [-0.15, -0.1) is 0 Å². The minimum absolute atomic E-state index is 0.161. The molecule has 0 radical (unpaired) electrons. The van der Waals surface area contributed by atoms with Crippen LogP contribution in [-0.4, -0.2) is 17.4 Å². The summed E-state index contributed by atoms with van der Waals surface area (Å²) in [5.74, 6) is -0.441. The van der Waals surface area contributed by atoms with E-state index in [2.05, 4.69) is 0 Å². The highest BCUT2D eigenvalue weighted by atomic mass is 16.4. The number of aliphatic carboxylic acids is 1. The van der Waals surface area contributed by atoms with Gasteiger partial charge in [-0.2, -0.15) is 0 Å². The Bertz CT molecular complexity index is 366. The Morgan fingerprint density at radius 1 is 1.60 bits per heavy atom. The molecule has 0 aromatic carbocycles. The zero-order valence-electron chi connectivity index (χ0n) is 8.82. The second kappa shape index (κ2) is 4.29. The van der Waals surface area contributed by atoms with Gasteiger partial charge in [0.1, 0.15) is 11.2 Å². The molecular formula is C11H14O4. The molecule has 0 fully saturated rings. The maximum absolute atomic E-state index is 11.2. The van der Waals surface area contributed by atoms with Crippen molar-refractivity contribution in [1.82, 2.24) is 0 Å². The Hall–Kier alpha value is -1.58. The molecule has 0 bridgehead atoms. The number of hydrogen-bond donors (Lipinski definition) is 1. The number of carboxylic acid groups (broad SMARTS) is 1. The number of hydrogen-bond acceptors (Lipinski definition) is 3. The number of carbonyl (C=O) groups is 2. The topological polar surface area (TPSA) is 67.5 Å². The van der Waals surface area contributed by atoms with Crippen molar-refractivity contribution in [3.05, 3.63) is 23.7 Å². The van der Waals surface area contributed by atoms with Crippen molar-refractivity contribution < 1.29 is 19.1 Å². The zero-order valence-corrected chi connectivity index (χ0v) is 8.82. The Labute approximate surface area is 87.9 Å². The van der Waals surface area contributed by atoms with Crippen molar-refractivity contribution in [2.24, 2.45) is 0 Å². The molecule has 0 aliphatic rings. The maximum Gasteiger partial charge on any atom is 0.317 e. The lowest BCUT2D eigenvalue weighted by Gasteiger charge is -2.21. The zero-order chi connectivity index (χ0) is 11.5. The van der Waals surface area contributed by atoms with Gasteiger partial charge in [-0.05, 0) is 25.5 Å². The second-order valence-corrected chi connectivity index (χ2v) is 3.71. The molecule has 1 N–H and O–H groups in total. The monoisotopic (exact) mass is 210 g/mol. The molecule has 1 aromatic heterocycles. The first-order valence-electron chi connectivity index (χ1n) is 4.83. The third-order valence-electron chi connectivity index (χ3n) is 2.51. The number of carbonyl (C=O) groups excluding carboxylic acids is 1. The summed E-state index contributed by atoms with van der Waals surface area (Å²) in [4.78, 5) is 21.6. The van der Waals surface area contributed by atoms with Gasteiger partial charge in [-0.3, -0.25) is 9.59 Å². The van der Waals surface area contributed by atoms with E-state index in [1.165, 1.54) is 6.07 Å². The number of rotatable bonds is 5. The van der Waals surface area contributed by atoms with Crippen LogP contribution in [0.2, 0.25) is 0 Å². The fourth-order valence-corrected chi connectivity index (χ4v) is 1.55. The fraction of sp³-hybridized carbons (Fsp3) is 0.455. The molecule has 0 aliphatic carbocycles. The van der Waals surface area contributed by atoms with Crippen molar-refractivity contribution in [1.29, 1.82) is 0 Å². The second-order valence-electron chi connectivity index (χ2n) is 3.71. The highest BCUT2D eigenvalue weighted by molar-refractivity contribution is 5.80. The maximum atomic E-state index is 11.2. The third kappa shape index (κ3) is 2.09. The van der Waals surface area contributed by atoms with Crippen LogP contribution in [0.4, 0.5) is 0 Å².